The van der Waals surface area contributed by atoms with Gasteiger partial charge < -0.3 is 4.90 Å². The third-order valence-electron chi connectivity index (χ3n) is 3.67. The van der Waals surface area contributed by atoms with Gasteiger partial charge in [-0.25, -0.2) is 4.39 Å². The van der Waals surface area contributed by atoms with Crippen molar-refractivity contribution >= 4 is 35.0 Å². The Morgan fingerprint density at radius 2 is 1.92 bits per heavy atom. The van der Waals surface area contributed by atoms with Gasteiger partial charge in [0, 0.05) is 5.02 Å². The molecule has 3 rings (SSSR count). The van der Waals surface area contributed by atoms with Crippen LogP contribution < -0.4 is 0 Å². The molecule has 1 N–H and O–H groups in total. The van der Waals surface area contributed by atoms with Crippen molar-refractivity contribution in [2.24, 2.45) is 0 Å². The highest BCUT2D eigenvalue weighted by molar-refractivity contribution is 6.34. The Morgan fingerprint density at radius 1 is 1.21 bits per heavy atom. The molecular weight excluding hydrogens is 358 g/mol. The first-order valence-electron chi connectivity index (χ1n) is 6.91. The van der Waals surface area contributed by atoms with Crippen molar-refractivity contribution in [3.05, 3.63) is 69.5 Å². The van der Waals surface area contributed by atoms with E-state index in [4.69, 9.17) is 23.2 Å². The van der Waals surface area contributed by atoms with Crippen LogP contribution in [0.1, 0.15) is 22.1 Å². The highest BCUT2D eigenvalue weighted by Crippen LogP contribution is 2.33. The SMILES string of the molecule is O=C1CN(C(=O)c2c(F)cccc2Cl)C(c2cccc(Cl)c2)N1O. The number of hydrogen-bond donors (Lipinski definition) is 1. The Bertz CT molecular complexity index is 810. The maximum Gasteiger partial charge on any atom is 0.267 e. The minimum atomic E-state index is -1.11. The molecule has 0 radical (unpaired) electrons. The number of carbonyl (C=O) groups is 2. The van der Waals surface area contributed by atoms with E-state index in [-0.39, 0.29) is 10.6 Å². The second-order valence-electron chi connectivity index (χ2n) is 5.20. The lowest BCUT2D eigenvalue weighted by molar-refractivity contribution is -0.168. The van der Waals surface area contributed by atoms with Gasteiger partial charge in [-0.3, -0.25) is 14.8 Å². The Labute approximate surface area is 146 Å². The second kappa shape index (κ2) is 6.39. The summed E-state index contributed by atoms with van der Waals surface area (Å²) in [7, 11) is 0. The van der Waals surface area contributed by atoms with E-state index < -0.39 is 30.3 Å². The minimum absolute atomic E-state index is 0.0753. The molecule has 1 fully saturated rings. The van der Waals surface area contributed by atoms with Gasteiger partial charge in [-0.15, -0.1) is 0 Å². The monoisotopic (exact) mass is 368 g/mol. The fourth-order valence-electron chi connectivity index (χ4n) is 2.59. The van der Waals surface area contributed by atoms with Crippen molar-refractivity contribution < 1.29 is 19.2 Å². The molecule has 24 heavy (non-hydrogen) atoms. The highest BCUT2D eigenvalue weighted by atomic mass is 35.5. The molecule has 5 nitrogen and oxygen atoms in total. The van der Waals surface area contributed by atoms with Gasteiger partial charge in [0.1, 0.15) is 12.4 Å². The standard InChI is InChI=1S/C16H11Cl2FN2O3/c17-10-4-1-3-9(7-10)15-20(8-13(22)21(15)24)16(23)14-11(18)5-2-6-12(14)19/h1-7,15,24H,8H2. The van der Waals surface area contributed by atoms with Crippen LogP contribution in [0.25, 0.3) is 0 Å². The third kappa shape index (κ3) is 2.84. The number of hydroxylamine groups is 2. The Kier molecular flexibility index (Phi) is 4.45. The van der Waals surface area contributed by atoms with Crippen LogP contribution in [0.2, 0.25) is 10.0 Å². The summed E-state index contributed by atoms with van der Waals surface area (Å²) in [5.74, 6) is -2.30. The van der Waals surface area contributed by atoms with E-state index in [2.05, 4.69) is 0 Å². The summed E-state index contributed by atoms with van der Waals surface area (Å²) in [6.45, 7) is -0.406. The van der Waals surface area contributed by atoms with Gasteiger partial charge in [-0.05, 0) is 29.8 Å². The van der Waals surface area contributed by atoms with E-state index in [1.54, 1.807) is 18.2 Å². The minimum Gasteiger partial charge on any atom is -0.302 e. The number of rotatable bonds is 2. The van der Waals surface area contributed by atoms with Crippen LogP contribution in [0.4, 0.5) is 4.39 Å². The summed E-state index contributed by atoms with van der Waals surface area (Å²) < 4.78 is 14.0. The Balaban J connectivity index is 2.05. The molecule has 1 aliphatic rings. The predicted molar refractivity (Wildman–Crippen MR) is 85.3 cm³/mol. The summed E-state index contributed by atoms with van der Waals surface area (Å²) in [4.78, 5) is 25.6. The fraction of sp³-hybridized carbons (Fsp3) is 0.125. The van der Waals surface area contributed by atoms with Crippen LogP contribution in [0.3, 0.4) is 0 Å². The van der Waals surface area contributed by atoms with E-state index in [1.807, 2.05) is 0 Å². The molecule has 1 unspecified atom stereocenters. The quantitative estimate of drug-likeness (QED) is 0.825. The zero-order chi connectivity index (χ0) is 17.4. The van der Waals surface area contributed by atoms with Crippen LogP contribution in [-0.2, 0) is 4.79 Å². The molecule has 1 atom stereocenters. The maximum atomic E-state index is 14.0. The van der Waals surface area contributed by atoms with Gasteiger partial charge >= 0.3 is 0 Å². The molecule has 0 bridgehead atoms. The van der Waals surface area contributed by atoms with Gasteiger partial charge in [0.25, 0.3) is 11.8 Å². The van der Waals surface area contributed by atoms with Crippen LogP contribution in [0.5, 0.6) is 0 Å². The zero-order valence-corrected chi connectivity index (χ0v) is 13.6. The summed E-state index contributed by atoms with van der Waals surface area (Å²) in [6.07, 6.45) is -1.11. The van der Waals surface area contributed by atoms with E-state index >= 15 is 0 Å². The lowest BCUT2D eigenvalue weighted by Crippen LogP contribution is -2.35. The van der Waals surface area contributed by atoms with Gasteiger partial charge in [-0.2, -0.15) is 5.06 Å². The van der Waals surface area contributed by atoms with Crippen molar-refractivity contribution in [1.29, 1.82) is 0 Å². The van der Waals surface area contributed by atoms with E-state index in [1.165, 1.54) is 18.2 Å². The van der Waals surface area contributed by atoms with Crippen molar-refractivity contribution in [3.8, 4) is 0 Å². The molecule has 1 aliphatic heterocycles. The summed E-state index contributed by atoms with van der Waals surface area (Å²) >= 11 is 11.9. The smallest absolute Gasteiger partial charge is 0.267 e. The zero-order valence-electron chi connectivity index (χ0n) is 12.1. The normalized spacial score (nSPS) is 17.5. The van der Waals surface area contributed by atoms with Crippen molar-refractivity contribution in [2.45, 2.75) is 6.17 Å². The number of nitrogens with zero attached hydrogens (tertiary/aromatic N) is 2. The lowest BCUT2D eigenvalue weighted by atomic mass is 10.1. The number of benzene rings is 2. The molecule has 1 heterocycles. The third-order valence-corrected chi connectivity index (χ3v) is 4.22. The van der Waals surface area contributed by atoms with E-state index in [0.29, 0.717) is 15.6 Å². The lowest BCUT2D eigenvalue weighted by Gasteiger charge is -2.27. The fourth-order valence-corrected chi connectivity index (χ4v) is 3.03. The predicted octanol–water partition coefficient (Wildman–Crippen LogP) is 3.50. The second-order valence-corrected chi connectivity index (χ2v) is 6.04. The van der Waals surface area contributed by atoms with Crippen LogP contribution in [0.15, 0.2) is 42.5 Å². The molecule has 1 saturated heterocycles. The topological polar surface area (TPSA) is 60.9 Å². The van der Waals surface area contributed by atoms with E-state index in [9.17, 15) is 19.2 Å². The number of carbonyl (C=O) groups excluding carboxylic acids is 2. The summed E-state index contributed by atoms with van der Waals surface area (Å²) in [5, 5.41) is 10.8. The maximum absolute atomic E-state index is 14.0. The van der Waals surface area contributed by atoms with Crippen LogP contribution in [0, 0.1) is 5.82 Å². The number of hydrogen-bond acceptors (Lipinski definition) is 3. The number of halogens is 3. The average molecular weight is 369 g/mol. The molecule has 124 valence electrons. The molecule has 0 spiro atoms. The molecule has 0 saturated carbocycles. The summed E-state index contributed by atoms with van der Waals surface area (Å²) in [6, 6.07) is 10.2. The molecule has 2 aromatic rings. The van der Waals surface area contributed by atoms with Crippen LogP contribution >= 0.6 is 23.2 Å². The first-order chi connectivity index (χ1) is 11.4. The molecule has 8 heteroatoms. The largest absolute Gasteiger partial charge is 0.302 e. The van der Waals surface area contributed by atoms with Crippen LogP contribution in [-0.4, -0.2) is 33.5 Å². The van der Waals surface area contributed by atoms with Crippen molar-refractivity contribution in [2.75, 3.05) is 6.54 Å². The first kappa shape index (κ1) is 16.7. The van der Waals surface area contributed by atoms with E-state index in [0.717, 1.165) is 11.0 Å². The molecule has 2 aromatic carbocycles. The molecule has 0 aliphatic carbocycles. The van der Waals surface area contributed by atoms with Gasteiger partial charge in [0.15, 0.2) is 6.17 Å². The summed E-state index contributed by atoms with van der Waals surface area (Å²) in [5.41, 5.74) is 0.0611. The molecule has 0 aromatic heterocycles. The average Bonchev–Trinajstić information content (AvgIpc) is 2.82. The first-order valence-corrected chi connectivity index (χ1v) is 7.67. The Hall–Kier alpha value is -2.15. The highest BCUT2D eigenvalue weighted by Gasteiger charge is 2.42. The van der Waals surface area contributed by atoms with Gasteiger partial charge in [0.05, 0.1) is 10.6 Å². The van der Waals surface area contributed by atoms with Crippen molar-refractivity contribution in [3.63, 3.8) is 0 Å². The Morgan fingerprint density at radius 3 is 2.58 bits per heavy atom. The number of amides is 2. The van der Waals surface area contributed by atoms with Gasteiger partial charge in [-0.1, -0.05) is 41.4 Å². The van der Waals surface area contributed by atoms with Gasteiger partial charge in [0.2, 0.25) is 0 Å². The van der Waals surface area contributed by atoms with Crippen molar-refractivity contribution in [1.82, 2.24) is 9.96 Å². The molecule has 2 amide bonds. The molecular formula is C16H11Cl2FN2O3.